The SMILES string of the molecule is CC(C)C1CCCCC1Nc1ccc(N)c(C#N)n1. The van der Waals surface area contributed by atoms with Gasteiger partial charge in [0.2, 0.25) is 0 Å². The highest BCUT2D eigenvalue weighted by atomic mass is 15.0. The Morgan fingerprint density at radius 3 is 2.79 bits per heavy atom. The fourth-order valence-corrected chi connectivity index (χ4v) is 2.97. The molecule has 1 aliphatic carbocycles. The van der Waals surface area contributed by atoms with Gasteiger partial charge in [0.15, 0.2) is 5.69 Å². The van der Waals surface area contributed by atoms with Crippen LogP contribution in [0.5, 0.6) is 0 Å². The van der Waals surface area contributed by atoms with Crippen LogP contribution in [0.15, 0.2) is 12.1 Å². The molecule has 19 heavy (non-hydrogen) atoms. The van der Waals surface area contributed by atoms with Gasteiger partial charge in [-0.2, -0.15) is 5.26 Å². The smallest absolute Gasteiger partial charge is 0.165 e. The highest BCUT2D eigenvalue weighted by Crippen LogP contribution is 2.32. The first-order chi connectivity index (χ1) is 9.11. The summed E-state index contributed by atoms with van der Waals surface area (Å²) in [6.45, 7) is 4.56. The van der Waals surface area contributed by atoms with Crippen LogP contribution in [0.4, 0.5) is 11.5 Å². The van der Waals surface area contributed by atoms with Crippen molar-refractivity contribution in [2.45, 2.75) is 45.6 Å². The Hall–Kier alpha value is -1.76. The topological polar surface area (TPSA) is 74.7 Å². The van der Waals surface area contributed by atoms with Crippen LogP contribution in [0.3, 0.4) is 0 Å². The number of anilines is 2. The molecule has 102 valence electrons. The van der Waals surface area contributed by atoms with Crippen LogP contribution in [0, 0.1) is 23.2 Å². The number of rotatable bonds is 3. The van der Waals surface area contributed by atoms with Crippen LogP contribution in [-0.2, 0) is 0 Å². The molecule has 0 radical (unpaired) electrons. The average Bonchev–Trinajstić information content (AvgIpc) is 2.41. The van der Waals surface area contributed by atoms with Gasteiger partial charge in [-0.05, 0) is 36.8 Å². The van der Waals surface area contributed by atoms with Gasteiger partial charge < -0.3 is 11.1 Å². The molecule has 1 aromatic heterocycles. The van der Waals surface area contributed by atoms with E-state index in [2.05, 4.69) is 24.1 Å². The Morgan fingerprint density at radius 1 is 1.37 bits per heavy atom. The summed E-state index contributed by atoms with van der Waals surface area (Å²) in [4.78, 5) is 4.28. The third kappa shape index (κ3) is 3.17. The molecule has 0 saturated heterocycles. The summed E-state index contributed by atoms with van der Waals surface area (Å²) in [5, 5.41) is 12.5. The van der Waals surface area contributed by atoms with E-state index in [9.17, 15) is 0 Å². The van der Waals surface area contributed by atoms with E-state index >= 15 is 0 Å². The highest BCUT2D eigenvalue weighted by Gasteiger charge is 2.27. The summed E-state index contributed by atoms with van der Waals surface area (Å²) in [5.74, 6) is 2.11. The van der Waals surface area contributed by atoms with Crippen LogP contribution in [0.25, 0.3) is 0 Å². The fraction of sp³-hybridized carbons (Fsp3) is 0.600. The number of nitrogen functional groups attached to an aromatic ring is 1. The zero-order chi connectivity index (χ0) is 13.8. The van der Waals surface area contributed by atoms with E-state index in [4.69, 9.17) is 11.0 Å². The van der Waals surface area contributed by atoms with Crippen molar-refractivity contribution in [2.24, 2.45) is 11.8 Å². The first-order valence-electron chi connectivity index (χ1n) is 7.05. The number of nitriles is 1. The lowest BCUT2D eigenvalue weighted by Gasteiger charge is -2.35. The zero-order valence-corrected chi connectivity index (χ0v) is 11.7. The number of aromatic nitrogens is 1. The number of nitrogens with zero attached hydrogens (tertiary/aromatic N) is 2. The van der Waals surface area contributed by atoms with Crippen molar-refractivity contribution in [3.05, 3.63) is 17.8 Å². The van der Waals surface area contributed by atoms with Gasteiger partial charge in [-0.15, -0.1) is 0 Å². The minimum Gasteiger partial charge on any atom is -0.396 e. The van der Waals surface area contributed by atoms with E-state index in [1.165, 1.54) is 25.7 Å². The third-order valence-electron chi connectivity index (χ3n) is 4.04. The zero-order valence-electron chi connectivity index (χ0n) is 11.7. The lowest BCUT2D eigenvalue weighted by Crippen LogP contribution is -2.35. The molecule has 1 heterocycles. The van der Waals surface area contributed by atoms with Crippen LogP contribution in [0.2, 0.25) is 0 Å². The van der Waals surface area contributed by atoms with E-state index < -0.39 is 0 Å². The molecule has 4 nitrogen and oxygen atoms in total. The van der Waals surface area contributed by atoms with Crippen molar-refractivity contribution in [3.8, 4) is 6.07 Å². The molecular weight excluding hydrogens is 236 g/mol. The van der Waals surface area contributed by atoms with Gasteiger partial charge in [-0.1, -0.05) is 26.7 Å². The summed E-state index contributed by atoms with van der Waals surface area (Å²) in [6, 6.07) is 6.10. The minimum absolute atomic E-state index is 0.307. The van der Waals surface area contributed by atoms with Gasteiger partial charge in [0.1, 0.15) is 11.9 Å². The number of nitrogens with one attached hydrogen (secondary N) is 1. The van der Waals surface area contributed by atoms with Crippen molar-refractivity contribution >= 4 is 11.5 Å². The summed E-state index contributed by atoms with van der Waals surface area (Å²) < 4.78 is 0. The second-order valence-corrected chi connectivity index (χ2v) is 5.69. The van der Waals surface area contributed by atoms with Gasteiger partial charge in [-0.3, -0.25) is 0 Å². The number of pyridine rings is 1. The first kappa shape index (κ1) is 13.7. The van der Waals surface area contributed by atoms with E-state index in [1.807, 2.05) is 12.1 Å². The van der Waals surface area contributed by atoms with Crippen molar-refractivity contribution in [1.82, 2.24) is 4.98 Å². The molecule has 1 fully saturated rings. The van der Waals surface area contributed by atoms with E-state index in [-0.39, 0.29) is 0 Å². The molecule has 0 spiro atoms. The molecule has 0 aliphatic heterocycles. The first-order valence-corrected chi connectivity index (χ1v) is 7.05. The summed E-state index contributed by atoms with van der Waals surface area (Å²) >= 11 is 0. The molecule has 0 bridgehead atoms. The van der Waals surface area contributed by atoms with Crippen LogP contribution in [-0.4, -0.2) is 11.0 Å². The summed E-state index contributed by atoms with van der Waals surface area (Å²) in [7, 11) is 0. The second-order valence-electron chi connectivity index (χ2n) is 5.69. The van der Waals surface area contributed by atoms with Crippen molar-refractivity contribution in [2.75, 3.05) is 11.1 Å². The van der Waals surface area contributed by atoms with Gasteiger partial charge in [0.05, 0.1) is 5.69 Å². The molecule has 2 atom stereocenters. The van der Waals surface area contributed by atoms with Crippen LogP contribution < -0.4 is 11.1 Å². The molecule has 1 saturated carbocycles. The van der Waals surface area contributed by atoms with Gasteiger partial charge >= 0.3 is 0 Å². The van der Waals surface area contributed by atoms with Crippen molar-refractivity contribution in [3.63, 3.8) is 0 Å². The monoisotopic (exact) mass is 258 g/mol. The number of hydrogen-bond donors (Lipinski definition) is 2. The Kier molecular flexibility index (Phi) is 4.26. The maximum absolute atomic E-state index is 8.97. The minimum atomic E-state index is 0.307. The lowest BCUT2D eigenvalue weighted by atomic mass is 9.78. The Morgan fingerprint density at radius 2 is 2.11 bits per heavy atom. The Bertz CT molecular complexity index is 476. The molecular formula is C15H22N4. The maximum Gasteiger partial charge on any atom is 0.165 e. The standard InChI is InChI=1S/C15H22N4/c1-10(2)11-5-3-4-6-13(11)18-15-8-7-12(17)14(9-16)19-15/h7-8,10-11,13H,3-6,17H2,1-2H3,(H,18,19). The van der Waals surface area contributed by atoms with E-state index in [0.29, 0.717) is 29.3 Å². The molecule has 3 N–H and O–H groups in total. The Balaban J connectivity index is 2.13. The lowest BCUT2D eigenvalue weighted by molar-refractivity contribution is 0.253. The summed E-state index contributed by atoms with van der Waals surface area (Å²) in [6.07, 6.45) is 5.03. The number of nitrogens with two attached hydrogens (primary N) is 1. The fourth-order valence-electron chi connectivity index (χ4n) is 2.97. The molecule has 2 unspecified atom stereocenters. The van der Waals surface area contributed by atoms with E-state index in [1.54, 1.807) is 6.07 Å². The van der Waals surface area contributed by atoms with E-state index in [0.717, 1.165) is 5.82 Å². The second kappa shape index (κ2) is 5.92. The van der Waals surface area contributed by atoms with Crippen molar-refractivity contribution in [1.29, 1.82) is 5.26 Å². The predicted molar refractivity (Wildman–Crippen MR) is 77.6 cm³/mol. The molecule has 1 aromatic rings. The molecule has 1 aliphatic rings. The number of hydrogen-bond acceptors (Lipinski definition) is 4. The molecule has 0 amide bonds. The summed E-state index contributed by atoms with van der Waals surface area (Å²) in [5.41, 5.74) is 6.44. The highest BCUT2D eigenvalue weighted by molar-refractivity contribution is 5.54. The normalized spacial score (nSPS) is 23.1. The van der Waals surface area contributed by atoms with Gasteiger partial charge in [-0.25, -0.2) is 4.98 Å². The third-order valence-corrected chi connectivity index (χ3v) is 4.04. The predicted octanol–water partition coefficient (Wildman–Crippen LogP) is 3.16. The van der Waals surface area contributed by atoms with Crippen LogP contribution in [0.1, 0.15) is 45.2 Å². The quantitative estimate of drug-likeness (QED) is 0.873. The molecule has 4 heteroatoms. The largest absolute Gasteiger partial charge is 0.396 e. The van der Waals surface area contributed by atoms with Gasteiger partial charge in [0, 0.05) is 6.04 Å². The Labute approximate surface area is 115 Å². The average molecular weight is 258 g/mol. The molecule has 2 rings (SSSR count). The van der Waals surface area contributed by atoms with Crippen LogP contribution >= 0.6 is 0 Å². The molecule has 0 aromatic carbocycles. The maximum atomic E-state index is 8.97. The van der Waals surface area contributed by atoms with Gasteiger partial charge in [0.25, 0.3) is 0 Å². The van der Waals surface area contributed by atoms with Crippen molar-refractivity contribution < 1.29 is 0 Å².